The van der Waals surface area contributed by atoms with Gasteiger partial charge in [-0.1, -0.05) is 24.3 Å². The van der Waals surface area contributed by atoms with Gasteiger partial charge in [-0.15, -0.1) is 0 Å². The lowest BCUT2D eigenvalue weighted by Crippen LogP contribution is -2.41. The molecule has 5 nitrogen and oxygen atoms in total. The van der Waals surface area contributed by atoms with Crippen LogP contribution in [0.25, 0.3) is 0 Å². The molecule has 0 saturated carbocycles. The van der Waals surface area contributed by atoms with E-state index in [2.05, 4.69) is 0 Å². The van der Waals surface area contributed by atoms with Crippen molar-refractivity contribution in [3.63, 3.8) is 0 Å². The van der Waals surface area contributed by atoms with Crippen LogP contribution in [-0.4, -0.2) is 38.5 Å². The maximum Gasteiger partial charge on any atom is 0.218 e. The molecule has 112 valence electrons. The lowest BCUT2D eigenvalue weighted by atomic mass is 10.1. The molecule has 1 aromatic carbocycles. The number of sulfonamides is 1. The standard InChI is InChI=1S/C14H22N2O3S/c1-11-14(7-8-19-11)16(2)20(17,18)10-13-6-4-3-5-12(13)9-15/h3-6,11,14H,7-10,15H2,1-2H3. The predicted octanol–water partition coefficient (Wildman–Crippen LogP) is 1.08. The van der Waals surface area contributed by atoms with Gasteiger partial charge in [0.2, 0.25) is 10.0 Å². The summed E-state index contributed by atoms with van der Waals surface area (Å²) in [7, 11) is -1.73. The molecule has 2 atom stereocenters. The summed E-state index contributed by atoms with van der Waals surface area (Å²) in [5.41, 5.74) is 7.31. The first-order chi connectivity index (χ1) is 9.45. The summed E-state index contributed by atoms with van der Waals surface area (Å²) >= 11 is 0. The van der Waals surface area contributed by atoms with Gasteiger partial charge in [-0.05, 0) is 24.5 Å². The van der Waals surface area contributed by atoms with Crippen LogP contribution in [0.3, 0.4) is 0 Å². The summed E-state index contributed by atoms with van der Waals surface area (Å²) < 4.78 is 32.0. The molecule has 1 aliphatic heterocycles. The Morgan fingerprint density at radius 1 is 1.35 bits per heavy atom. The molecule has 1 heterocycles. The van der Waals surface area contributed by atoms with Gasteiger partial charge < -0.3 is 10.5 Å². The van der Waals surface area contributed by atoms with Gasteiger partial charge in [0.1, 0.15) is 0 Å². The summed E-state index contributed by atoms with van der Waals surface area (Å²) in [5, 5.41) is 0. The molecule has 1 saturated heterocycles. The zero-order valence-corrected chi connectivity index (χ0v) is 12.8. The van der Waals surface area contributed by atoms with E-state index < -0.39 is 10.0 Å². The molecule has 0 amide bonds. The van der Waals surface area contributed by atoms with Gasteiger partial charge in [0.05, 0.1) is 17.9 Å². The van der Waals surface area contributed by atoms with Crippen molar-refractivity contribution >= 4 is 10.0 Å². The van der Waals surface area contributed by atoms with Gasteiger partial charge in [0.25, 0.3) is 0 Å². The van der Waals surface area contributed by atoms with Crippen LogP contribution in [0.1, 0.15) is 24.5 Å². The van der Waals surface area contributed by atoms with E-state index in [1.807, 2.05) is 31.2 Å². The predicted molar refractivity (Wildman–Crippen MR) is 78.5 cm³/mol. The van der Waals surface area contributed by atoms with E-state index >= 15 is 0 Å². The number of benzene rings is 1. The third-order valence-corrected chi connectivity index (χ3v) is 5.74. The van der Waals surface area contributed by atoms with Crippen LogP contribution in [0.15, 0.2) is 24.3 Å². The Morgan fingerprint density at radius 3 is 2.55 bits per heavy atom. The first kappa shape index (κ1) is 15.4. The fourth-order valence-corrected chi connectivity index (χ4v) is 4.17. The van der Waals surface area contributed by atoms with E-state index in [1.165, 1.54) is 4.31 Å². The minimum atomic E-state index is -3.36. The minimum absolute atomic E-state index is 0.0138. The van der Waals surface area contributed by atoms with Crippen LogP contribution >= 0.6 is 0 Å². The molecule has 1 aliphatic rings. The van der Waals surface area contributed by atoms with Crippen molar-refractivity contribution in [2.45, 2.75) is 37.8 Å². The third kappa shape index (κ3) is 3.20. The number of nitrogens with zero attached hydrogens (tertiary/aromatic N) is 1. The van der Waals surface area contributed by atoms with E-state index in [9.17, 15) is 8.42 Å². The van der Waals surface area contributed by atoms with Gasteiger partial charge in [-0.25, -0.2) is 8.42 Å². The molecule has 20 heavy (non-hydrogen) atoms. The molecule has 0 aromatic heterocycles. The molecule has 2 unspecified atom stereocenters. The van der Waals surface area contributed by atoms with E-state index in [1.54, 1.807) is 7.05 Å². The van der Waals surface area contributed by atoms with Crippen LogP contribution in [0.2, 0.25) is 0 Å². The van der Waals surface area contributed by atoms with E-state index in [4.69, 9.17) is 10.5 Å². The maximum atomic E-state index is 12.5. The minimum Gasteiger partial charge on any atom is -0.377 e. The molecular formula is C14H22N2O3S. The lowest BCUT2D eigenvalue weighted by Gasteiger charge is -2.26. The smallest absolute Gasteiger partial charge is 0.218 e. The second-order valence-electron chi connectivity index (χ2n) is 5.18. The van der Waals surface area contributed by atoms with Crippen molar-refractivity contribution < 1.29 is 13.2 Å². The van der Waals surface area contributed by atoms with Crippen molar-refractivity contribution in [2.24, 2.45) is 5.73 Å². The largest absolute Gasteiger partial charge is 0.377 e. The van der Waals surface area contributed by atoms with Gasteiger partial charge in [-0.2, -0.15) is 4.31 Å². The zero-order valence-electron chi connectivity index (χ0n) is 12.0. The second-order valence-corrected chi connectivity index (χ2v) is 7.21. The first-order valence-corrected chi connectivity index (χ1v) is 8.41. The number of rotatable bonds is 5. The Bertz CT molecular complexity index is 559. The third-order valence-electron chi connectivity index (χ3n) is 3.92. The SMILES string of the molecule is CC1OCCC1N(C)S(=O)(=O)Cc1ccccc1CN. The van der Waals surface area contributed by atoms with Gasteiger partial charge >= 0.3 is 0 Å². The molecule has 0 spiro atoms. The highest BCUT2D eigenvalue weighted by atomic mass is 32.2. The summed E-state index contributed by atoms with van der Waals surface area (Å²) in [6.45, 7) is 2.88. The number of ether oxygens (including phenoxy) is 1. The summed E-state index contributed by atoms with van der Waals surface area (Å²) in [4.78, 5) is 0. The number of hydrogen-bond acceptors (Lipinski definition) is 4. The average Bonchev–Trinajstić information content (AvgIpc) is 2.84. The quantitative estimate of drug-likeness (QED) is 0.883. The van der Waals surface area contributed by atoms with Crippen LogP contribution in [-0.2, 0) is 27.1 Å². The Kier molecular flexibility index (Phi) is 4.80. The first-order valence-electron chi connectivity index (χ1n) is 6.80. The Morgan fingerprint density at radius 2 is 2.00 bits per heavy atom. The fraction of sp³-hybridized carbons (Fsp3) is 0.571. The van der Waals surface area contributed by atoms with E-state index in [0.29, 0.717) is 13.2 Å². The fourth-order valence-electron chi connectivity index (χ4n) is 2.60. The topological polar surface area (TPSA) is 72.6 Å². The van der Waals surface area contributed by atoms with Crippen LogP contribution < -0.4 is 5.73 Å². The normalized spacial score (nSPS) is 23.4. The summed E-state index contributed by atoms with van der Waals surface area (Å²) in [6.07, 6.45) is 0.689. The second kappa shape index (κ2) is 6.22. The van der Waals surface area contributed by atoms with Gasteiger partial charge in [0.15, 0.2) is 0 Å². The maximum absolute atomic E-state index is 12.5. The Labute approximate surface area is 120 Å². The molecule has 2 N–H and O–H groups in total. The number of likely N-dealkylation sites (N-methyl/N-ethyl adjacent to an activating group) is 1. The molecule has 1 aromatic rings. The number of hydrogen-bond donors (Lipinski definition) is 1. The van der Waals surface area contributed by atoms with E-state index in [-0.39, 0.29) is 17.9 Å². The van der Waals surface area contributed by atoms with Gasteiger partial charge in [-0.3, -0.25) is 0 Å². The highest BCUT2D eigenvalue weighted by Crippen LogP contribution is 2.23. The Balaban J connectivity index is 2.18. The van der Waals surface area contributed by atoms with Crippen molar-refractivity contribution in [1.82, 2.24) is 4.31 Å². The average molecular weight is 298 g/mol. The monoisotopic (exact) mass is 298 g/mol. The van der Waals surface area contributed by atoms with Crippen LogP contribution in [0, 0.1) is 0 Å². The number of nitrogens with two attached hydrogens (primary N) is 1. The van der Waals surface area contributed by atoms with Crippen LogP contribution in [0.5, 0.6) is 0 Å². The van der Waals surface area contributed by atoms with E-state index in [0.717, 1.165) is 17.5 Å². The van der Waals surface area contributed by atoms with Crippen molar-refractivity contribution in [1.29, 1.82) is 0 Å². The summed E-state index contributed by atoms with van der Waals surface area (Å²) in [6, 6.07) is 7.32. The van der Waals surface area contributed by atoms with Crippen molar-refractivity contribution in [3.8, 4) is 0 Å². The zero-order chi connectivity index (χ0) is 14.8. The molecule has 0 bridgehead atoms. The van der Waals surface area contributed by atoms with Crippen molar-refractivity contribution in [2.75, 3.05) is 13.7 Å². The summed E-state index contributed by atoms with van der Waals surface area (Å²) in [5.74, 6) is -0.0138. The van der Waals surface area contributed by atoms with Crippen LogP contribution in [0.4, 0.5) is 0 Å². The molecule has 0 aliphatic carbocycles. The molecular weight excluding hydrogens is 276 g/mol. The highest BCUT2D eigenvalue weighted by molar-refractivity contribution is 7.88. The molecule has 6 heteroatoms. The lowest BCUT2D eigenvalue weighted by molar-refractivity contribution is 0.102. The molecule has 1 fully saturated rings. The Hall–Kier alpha value is -0.950. The van der Waals surface area contributed by atoms with Gasteiger partial charge in [0, 0.05) is 20.2 Å². The highest BCUT2D eigenvalue weighted by Gasteiger charge is 2.34. The molecule has 2 rings (SSSR count). The van der Waals surface area contributed by atoms with Crippen molar-refractivity contribution in [3.05, 3.63) is 35.4 Å². The molecule has 0 radical (unpaired) electrons.